The molecular formula is C12H23N7. The van der Waals surface area contributed by atoms with Gasteiger partial charge in [-0.3, -0.25) is 0 Å². The number of rotatable bonds is 6. The Kier molecular flexibility index (Phi) is 4.75. The molecule has 1 saturated carbocycles. The van der Waals surface area contributed by atoms with Crippen LogP contribution in [0.1, 0.15) is 25.7 Å². The van der Waals surface area contributed by atoms with Crippen LogP contribution in [0, 0.1) is 0 Å². The Balaban J connectivity index is 1.80. The quantitative estimate of drug-likeness (QED) is 0.441. The first-order chi connectivity index (χ1) is 9.19. The average Bonchev–Trinajstić information content (AvgIpc) is 2.92. The zero-order valence-corrected chi connectivity index (χ0v) is 11.4. The molecule has 2 rings (SSSR count). The topological polar surface area (TPSA) is 105 Å². The van der Waals surface area contributed by atoms with Crippen molar-refractivity contribution in [2.45, 2.75) is 31.7 Å². The Morgan fingerprint density at radius 3 is 2.68 bits per heavy atom. The first-order valence-electron chi connectivity index (χ1n) is 6.74. The van der Waals surface area contributed by atoms with Crippen LogP contribution in [0.25, 0.3) is 0 Å². The Morgan fingerprint density at radius 1 is 1.32 bits per heavy atom. The summed E-state index contributed by atoms with van der Waals surface area (Å²) in [5.41, 5.74) is 8.07. The van der Waals surface area contributed by atoms with E-state index in [0.717, 1.165) is 19.1 Å². The van der Waals surface area contributed by atoms with Gasteiger partial charge in [0.25, 0.3) is 0 Å². The van der Waals surface area contributed by atoms with E-state index in [0.29, 0.717) is 11.6 Å². The molecule has 1 aromatic heterocycles. The molecule has 7 nitrogen and oxygen atoms in total. The molecule has 0 aliphatic heterocycles. The molecule has 0 aromatic carbocycles. The standard InChI is InChI=1S/C12H23N7/c1-19(9-4-2-3-5-9)7-6-15-10-8-11(18-14)17-12(13)16-10/h8-9H,2-7,14H2,1H3,(H4,13,15,16,17,18). The summed E-state index contributed by atoms with van der Waals surface area (Å²) in [6, 6.07) is 2.48. The number of hydrazine groups is 1. The summed E-state index contributed by atoms with van der Waals surface area (Å²) in [4.78, 5) is 10.5. The van der Waals surface area contributed by atoms with E-state index < -0.39 is 0 Å². The molecule has 1 aliphatic carbocycles. The zero-order valence-electron chi connectivity index (χ0n) is 11.4. The third kappa shape index (κ3) is 3.93. The fourth-order valence-electron chi connectivity index (χ4n) is 2.52. The van der Waals surface area contributed by atoms with Crippen molar-refractivity contribution in [3.8, 4) is 0 Å². The first kappa shape index (κ1) is 13.8. The smallest absolute Gasteiger partial charge is 0.223 e. The van der Waals surface area contributed by atoms with E-state index in [1.165, 1.54) is 25.7 Å². The van der Waals surface area contributed by atoms with E-state index in [-0.39, 0.29) is 5.95 Å². The third-order valence-corrected chi connectivity index (χ3v) is 3.61. The lowest BCUT2D eigenvalue weighted by atomic mass is 10.2. The van der Waals surface area contributed by atoms with Crippen LogP contribution in [0.5, 0.6) is 0 Å². The summed E-state index contributed by atoms with van der Waals surface area (Å²) in [5, 5.41) is 3.25. The molecule has 0 bridgehead atoms. The SMILES string of the molecule is CN(CCNc1cc(NN)nc(N)n1)C1CCCC1. The first-order valence-corrected chi connectivity index (χ1v) is 6.74. The maximum Gasteiger partial charge on any atom is 0.223 e. The minimum Gasteiger partial charge on any atom is -0.369 e. The molecule has 0 atom stereocenters. The largest absolute Gasteiger partial charge is 0.369 e. The number of likely N-dealkylation sites (N-methyl/N-ethyl adjacent to an activating group) is 1. The summed E-state index contributed by atoms with van der Waals surface area (Å²) in [6.07, 6.45) is 5.35. The lowest BCUT2D eigenvalue weighted by Crippen LogP contribution is -2.33. The van der Waals surface area contributed by atoms with Gasteiger partial charge in [-0.15, -0.1) is 0 Å². The van der Waals surface area contributed by atoms with Gasteiger partial charge in [0.15, 0.2) is 0 Å². The van der Waals surface area contributed by atoms with Gasteiger partial charge in [0.2, 0.25) is 5.95 Å². The van der Waals surface area contributed by atoms with Gasteiger partial charge in [-0.2, -0.15) is 9.97 Å². The Bertz CT molecular complexity index is 403. The second-order valence-corrected chi connectivity index (χ2v) is 4.99. The van der Waals surface area contributed by atoms with E-state index in [4.69, 9.17) is 11.6 Å². The van der Waals surface area contributed by atoms with Crippen molar-refractivity contribution >= 4 is 17.6 Å². The predicted molar refractivity (Wildman–Crippen MR) is 77.6 cm³/mol. The number of anilines is 3. The minimum atomic E-state index is 0.210. The number of nitrogens with one attached hydrogen (secondary N) is 2. The van der Waals surface area contributed by atoms with Gasteiger partial charge in [-0.25, -0.2) is 5.84 Å². The molecule has 0 saturated heterocycles. The highest BCUT2D eigenvalue weighted by Gasteiger charge is 2.18. The summed E-state index contributed by atoms with van der Waals surface area (Å²) >= 11 is 0. The molecule has 1 aromatic rings. The predicted octanol–water partition coefficient (Wildman–Crippen LogP) is 0.631. The van der Waals surface area contributed by atoms with Gasteiger partial charge in [0.1, 0.15) is 11.6 Å². The Hall–Kier alpha value is -1.60. The van der Waals surface area contributed by atoms with Gasteiger partial charge in [-0.05, 0) is 19.9 Å². The summed E-state index contributed by atoms with van der Waals surface area (Å²) in [6.45, 7) is 1.81. The highest BCUT2D eigenvalue weighted by molar-refractivity contribution is 5.50. The summed E-state index contributed by atoms with van der Waals surface area (Å²) < 4.78 is 0. The van der Waals surface area contributed by atoms with Gasteiger partial charge < -0.3 is 21.4 Å². The number of hydrogen-bond acceptors (Lipinski definition) is 7. The van der Waals surface area contributed by atoms with E-state index in [1.54, 1.807) is 6.07 Å². The van der Waals surface area contributed by atoms with Crippen molar-refractivity contribution in [1.29, 1.82) is 0 Å². The van der Waals surface area contributed by atoms with Crippen LogP contribution >= 0.6 is 0 Å². The van der Waals surface area contributed by atoms with Crippen molar-refractivity contribution in [2.75, 3.05) is 36.6 Å². The fourth-order valence-corrected chi connectivity index (χ4v) is 2.52. The molecule has 106 valence electrons. The van der Waals surface area contributed by atoms with E-state index in [1.807, 2.05) is 0 Å². The summed E-state index contributed by atoms with van der Waals surface area (Å²) in [7, 11) is 2.18. The Labute approximate surface area is 113 Å². The van der Waals surface area contributed by atoms with Crippen molar-refractivity contribution < 1.29 is 0 Å². The molecule has 1 aliphatic rings. The average molecular weight is 265 g/mol. The molecule has 0 amide bonds. The van der Waals surface area contributed by atoms with Crippen molar-refractivity contribution in [3.05, 3.63) is 6.07 Å². The van der Waals surface area contributed by atoms with E-state index in [9.17, 15) is 0 Å². The van der Waals surface area contributed by atoms with Gasteiger partial charge in [0, 0.05) is 25.2 Å². The van der Waals surface area contributed by atoms with Crippen LogP contribution in [0.3, 0.4) is 0 Å². The maximum absolute atomic E-state index is 5.60. The Morgan fingerprint density at radius 2 is 2.00 bits per heavy atom. The third-order valence-electron chi connectivity index (χ3n) is 3.61. The molecule has 0 spiro atoms. The fraction of sp³-hybridized carbons (Fsp3) is 0.667. The van der Waals surface area contributed by atoms with E-state index >= 15 is 0 Å². The van der Waals surface area contributed by atoms with Crippen LogP contribution in [0.2, 0.25) is 0 Å². The molecule has 6 N–H and O–H groups in total. The van der Waals surface area contributed by atoms with Gasteiger partial charge in [0.05, 0.1) is 0 Å². The number of aromatic nitrogens is 2. The lowest BCUT2D eigenvalue weighted by molar-refractivity contribution is 0.254. The van der Waals surface area contributed by atoms with Crippen molar-refractivity contribution in [1.82, 2.24) is 14.9 Å². The van der Waals surface area contributed by atoms with Gasteiger partial charge >= 0.3 is 0 Å². The lowest BCUT2D eigenvalue weighted by Gasteiger charge is -2.24. The number of nitrogens with two attached hydrogens (primary N) is 2. The number of nitrogen functional groups attached to an aromatic ring is 2. The van der Waals surface area contributed by atoms with Gasteiger partial charge in [-0.1, -0.05) is 12.8 Å². The highest BCUT2D eigenvalue weighted by Crippen LogP contribution is 2.22. The maximum atomic E-state index is 5.60. The minimum absolute atomic E-state index is 0.210. The molecule has 0 radical (unpaired) electrons. The van der Waals surface area contributed by atoms with Crippen LogP contribution in [-0.4, -0.2) is 41.0 Å². The van der Waals surface area contributed by atoms with Crippen LogP contribution in [0.15, 0.2) is 6.07 Å². The number of hydrogen-bond donors (Lipinski definition) is 4. The zero-order chi connectivity index (χ0) is 13.7. The van der Waals surface area contributed by atoms with Crippen LogP contribution < -0.4 is 22.3 Å². The van der Waals surface area contributed by atoms with Crippen LogP contribution in [0.4, 0.5) is 17.6 Å². The van der Waals surface area contributed by atoms with Crippen LogP contribution in [-0.2, 0) is 0 Å². The molecular weight excluding hydrogens is 242 g/mol. The second-order valence-electron chi connectivity index (χ2n) is 4.99. The van der Waals surface area contributed by atoms with E-state index in [2.05, 4.69) is 32.7 Å². The molecule has 19 heavy (non-hydrogen) atoms. The van der Waals surface area contributed by atoms with Crippen molar-refractivity contribution in [3.63, 3.8) is 0 Å². The second kappa shape index (κ2) is 6.53. The van der Waals surface area contributed by atoms with Crippen molar-refractivity contribution in [2.24, 2.45) is 5.84 Å². The monoisotopic (exact) mass is 265 g/mol. The molecule has 1 heterocycles. The number of nitrogens with zero attached hydrogens (tertiary/aromatic N) is 3. The molecule has 0 unspecified atom stereocenters. The normalized spacial score (nSPS) is 15.9. The molecule has 7 heteroatoms. The molecule has 1 fully saturated rings. The highest BCUT2D eigenvalue weighted by atomic mass is 15.3. The summed E-state index contributed by atoms with van der Waals surface area (Å²) in [5.74, 6) is 6.73.